The normalized spacial score (nSPS) is 10.1. The van der Waals surface area contributed by atoms with Crippen molar-refractivity contribution in [2.75, 3.05) is 24.6 Å². The van der Waals surface area contributed by atoms with E-state index in [9.17, 15) is 9.59 Å². The van der Waals surface area contributed by atoms with Gasteiger partial charge < -0.3 is 26.4 Å². The second kappa shape index (κ2) is 10.1. The van der Waals surface area contributed by atoms with Gasteiger partial charge in [-0.3, -0.25) is 4.79 Å². The van der Waals surface area contributed by atoms with Crippen LogP contribution in [-0.2, 0) is 0 Å². The van der Waals surface area contributed by atoms with Crippen molar-refractivity contribution < 1.29 is 14.3 Å². The van der Waals surface area contributed by atoms with Crippen LogP contribution in [0.4, 0.5) is 16.2 Å². The van der Waals surface area contributed by atoms with E-state index in [1.54, 1.807) is 42.5 Å². The molecule has 0 aliphatic rings. The molecule has 0 heterocycles. The number of anilines is 2. The van der Waals surface area contributed by atoms with Crippen molar-refractivity contribution in [3.8, 4) is 11.5 Å². The minimum atomic E-state index is -0.313. The molecule has 2 rings (SSSR count). The lowest BCUT2D eigenvalue weighted by Gasteiger charge is -2.13. The third-order valence-electron chi connectivity index (χ3n) is 3.88. The molecule has 3 amide bonds. The molecule has 144 valence electrons. The summed E-state index contributed by atoms with van der Waals surface area (Å²) in [6.07, 6.45) is 3.09. The quantitative estimate of drug-likeness (QED) is 0.420. The molecule has 0 saturated heterocycles. The number of nitrogens with two attached hydrogens (primary N) is 1. The summed E-state index contributed by atoms with van der Waals surface area (Å²) in [6.45, 7) is 2.72. The highest BCUT2D eigenvalue weighted by Gasteiger charge is 2.14. The van der Waals surface area contributed by atoms with Crippen LogP contribution < -0.4 is 26.4 Å². The highest BCUT2D eigenvalue weighted by Crippen LogP contribution is 2.28. The Labute approximate surface area is 159 Å². The third kappa shape index (κ3) is 6.22. The number of nitrogen functional groups attached to an aromatic ring is 1. The summed E-state index contributed by atoms with van der Waals surface area (Å²) < 4.78 is 5.79. The number of urea groups is 1. The van der Waals surface area contributed by atoms with E-state index in [-0.39, 0.29) is 11.9 Å². The number of hydrogen-bond acceptors (Lipinski definition) is 4. The second-order valence-electron chi connectivity index (χ2n) is 6.05. The number of carbonyl (C=O) groups excluding carboxylic acids is 2. The van der Waals surface area contributed by atoms with Crippen molar-refractivity contribution >= 4 is 23.3 Å². The van der Waals surface area contributed by atoms with Crippen molar-refractivity contribution in [3.63, 3.8) is 0 Å². The highest BCUT2D eigenvalue weighted by molar-refractivity contribution is 5.99. The van der Waals surface area contributed by atoms with Gasteiger partial charge in [0.25, 0.3) is 5.91 Å². The first-order valence-corrected chi connectivity index (χ1v) is 8.98. The predicted octanol–water partition coefficient (Wildman–Crippen LogP) is 3.73. The van der Waals surface area contributed by atoms with Crippen LogP contribution in [0.25, 0.3) is 0 Å². The first-order chi connectivity index (χ1) is 13.0. The molecule has 2 aromatic rings. The van der Waals surface area contributed by atoms with Crippen molar-refractivity contribution in [1.82, 2.24) is 10.6 Å². The zero-order valence-corrected chi connectivity index (χ0v) is 15.7. The van der Waals surface area contributed by atoms with Crippen LogP contribution in [0, 0.1) is 0 Å². The molecule has 2 aromatic carbocycles. The molecule has 0 aliphatic carbocycles. The molecule has 0 fully saturated rings. The summed E-state index contributed by atoms with van der Waals surface area (Å²) >= 11 is 0. The van der Waals surface area contributed by atoms with Gasteiger partial charge >= 0.3 is 6.03 Å². The maximum atomic E-state index is 12.2. The molecular formula is C20H26N4O3. The van der Waals surface area contributed by atoms with Gasteiger partial charge in [0.05, 0.1) is 5.56 Å². The summed E-state index contributed by atoms with van der Waals surface area (Å²) in [7, 11) is 1.54. The van der Waals surface area contributed by atoms with Crippen molar-refractivity contribution in [1.29, 1.82) is 0 Å². The summed E-state index contributed by atoms with van der Waals surface area (Å²) in [5, 5.41) is 8.11. The van der Waals surface area contributed by atoms with Crippen molar-refractivity contribution in [2.45, 2.75) is 26.2 Å². The fourth-order valence-electron chi connectivity index (χ4n) is 2.42. The van der Waals surface area contributed by atoms with Crippen molar-refractivity contribution in [2.24, 2.45) is 0 Å². The van der Waals surface area contributed by atoms with Crippen LogP contribution in [0.3, 0.4) is 0 Å². The summed E-state index contributed by atoms with van der Waals surface area (Å²) in [6, 6.07) is 11.5. The van der Waals surface area contributed by atoms with E-state index in [0.29, 0.717) is 35.0 Å². The lowest BCUT2D eigenvalue weighted by molar-refractivity contribution is 0.0961. The van der Waals surface area contributed by atoms with Crippen molar-refractivity contribution in [3.05, 3.63) is 48.0 Å². The molecule has 27 heavy (non-hydrogen) atoms. The number of hydrogen-bond donors (Lipinski definition) is 4. The topological polar surface area (TPSA) is 105 Å². The fourth-order valence-corrected chi connectivity index (χ4v) is 2.42. The Bertz CT molecular complexity index is 775. The van der Waals surface area contributed by atoms with Gasteiger partial charge in [-0.05, 0) is 48.9 Å². The monoisotopic (exact) mass is 370 g/mol. The van der Waals surface area contributed by atoms with Crippen LogP contribution in [0.15, 0.2) is 42.5 Å². The standard InChI is InChI=1S/C20H26N4O3/c1-3-4-5-12-23-20(26)24-15-8-11-18(17(13-15)19(25)22-2)27-16-9-6-14(21)7-10-16/h6-11,13H,3-5,12,21H2,1-2H3,(H,22,25)(H2,23,24,26). The minimum Gasteiger partial charge on any atom is -0.457 e. The molecule has 7 heteroatoms. The third-order valence-corrected chi connectivity index (χ3v) is 3.88. The molecule has 0 aromatic heterocycles. The molecule has 0 saturated carbocycles. The van der Waals surface area contributed by atoms with E-state index in [1.807, 2.05) is 0 Å². The molecule has 0 radical (unpaired) electrons. The number of amides is 3. The van der Waals surface area contributed by atoms with E-state index >= 15 is 0 Å². The lowest BCUT2D eigenvalue weighted by Crippen LogP contribution is -2.29. The molecule has 0 unspecified atom stereocenters. The van der Waals surface area contributed by atoms with Crippen LogP contribution in [-0.4, -0.2) is 25.5 Å². The van der Waals surface area contributed by atoms with Crippen LogP contribution in [0.1, 0.15) is 36.5 Å². The zero-order valence-electron chi connectivity index (χ0n) is 15.7. The van der Waals surface area contributed by atoms with Gasteiger partial charge in [-0.25, -0.2) is 4.79 Å². The molecular weight excluding hydrogens is 344 g/mol. The number of nitrogens with one attached hydrogen (secondary N) is 3. The molecule has 7 nitrogen and oxygen atoms in total. The van der Waals surface area contributed by atoms with Gasteiger partial charge in [-0.1, -0.05) is 19.8 Å². The zero-order chi connectivity index (χ0) is 19.6. The molecule has 0 atom stereocenters. The molecule has 0 aliphatic heterocycles. The van der Waals surface area contributed by atoms with Gasteiger partial charge in [0.2, 0.25) is 0 Å². The smallest absolute Gasteiger partial charge is 0.319 e. The number of unbranched alkanes of at least 4 members (excludes halogenated alkanes) is 2. The molecule has 5 N–H and O–H groups in total. The van der Waals surface area contributed by atoms with E-state index in [0.717, 1.165) is 19.3 Å². The first-order valence-electron chi connectivity index (χ1n) is 8.98. The summed E-state index contributed by atoms with van der Waals surface area (Å²) in [4.78, 5) is 24.2. The Morgan fingerprint density at radius 2 is 1.81 bits per heavy atom. The largest absolute Gasteiger partial charge is 0.457 e. The van der Waals surface area contributed by atoms with Gasteiger partial charge in [-0.15, -0.1) is 0 Å². The average molecular weight is 370 g/mol. The van der Waals surface area contributed by atoms with Crippen LogP contribution in [0.2, 0.25) is 0 Å². The Kier molecular flexibility index (Phi) is 7.49. The van der Waals surface area contributed by atoms with Crippen LogP contribution >= 0.6 is 0 Å². The maximum Gasteiger partial charge on any atom is 0.319 e. The predicted molar refractivity (Wildman–Crippen MR) is 107 cm³/mol. The number of ether oxygens (including phenoxy) is 1. The van der Waals surface area contributed by atoms with Gasteiger partial charge in [0.1, 0.15) is 11.5 Å². The van der Waals surface area contributed by atoms with Gasteiger partial charge in [0, 0.05) is 25.0 Å². The van der Waals surface area contributed by atoms with E-state index in [4.69, 9.17) is 10.5 Å². The Balaban J connectivity index is 2.11. The average Bonchev–Trinajstić information content (AvgIpc) is 2.67. The number of carbonyl (C=O) groups is 2. The van der Waals surface area contributed by atoms with E-state index in [1.165, 1.54) is 7.05 Å². The first kappa shape index (κ1) is 20.1. The minimum absolute atomic E-state index is 0.304. The summed E-state index contributed by atoms with van der Waals surface area (Å²) in [5.74, 6) is 0.629. The number of rotatable bonds is 8. The second-order valence-corrected chi connectivity index (χ2v) is 6.05. The Morgan fingerprint density at radius 1 is 1.07 bits per heavy atom. The Hall–Kier alpha value is -3.22. The number of benzene rings is 2. The fraction of sp³-hybridized carbons (Fsp3) is 0.300. The lowest BCUT2D eigenvalue weighted by atomic mass is 10.1. The highest BCUT2D eigenvalue weighted by atomic mass is 16.5. The van der Waals surface area contributed by atoms with E-state index < -0.39 is 0 Å². The Morgan fingerprint density at radius 3 is 2.48 bits per heavy atom. The molecule has 0 bridgehead atoms. The summed E-state index contributed by atoms with van der Waals surface area (Å²) in [5.41, 5.74) is 7.12. The maximum absolute atomic E-state index is 12.2. The van der Waals surface area contributed by atoms with Gasteiger partial charge in [0.15, 0.2) is 0 Å². The van der Waals surface area contributed by atoms with Crippen LogP contribution in [0.5, 0.6) is 11.5 Å². The van der Waals surface area contributed by atoms with Gasteiger partial charge in [-0.2, -0.15) is 0 Å². The SMILES string of the molecule is CCCCCNC(=O)Nc1ccc(Oc2ccc(N)cc2)c(C(=O)NC)c1. The van der Waals surface area contributed by atoms with E-state index in [2.05, 4.69) is 22.9 Å². The molecule has 0 spiro atoms.